The van der Waals surface area contributed by atoms with Crippen LogP contribution in [0.25, 0.3) is 0 Å². The van der Waals surface area contributed by atoms with Crippen molar-refractivity contribution >= 4 is 24.4 Å². The lowest BCUT2D eigenvalue weighted by atomic mass is 10.2. The third kappa shape index (κ3) is 3.09. The highest BCUT2D eigenvalue weighted by atomic mass is 28.4. The molecule has 0 N–H and O–H groups in total. The van der Waals surface area contributed by atoms with Gasteiger partial charge in [-0.1, -0.05) is 87.5 Å². The zero-order valence-electron chi connectivity index (χ0n) is 14.7. The van der Waals surface area contributed by atoms with Gasteiger partial charge < -0.3 is 4.53 Å². The standard InChI is InChI=1S/C21H25NOSi/c1-21(2,3)24(19-14-6-4-7-15-19,20-16-8-5-9-17-20)23-22-18-12-10-11-13-18/h4-10,12,14-17H,11,13H2,1-3H3/b22-18+. The average molecular weight is 336 g/mol. The summed E-state index contributed by atoms with van der Waals surface area (Å²) in [5, 5.41) is 7.09. The summed E-state index contributed by atoms with van der Waals surface area (Å²) in [4.78, 5) is 0. The molecule has 0 aliphatic heterocycles. The van der Waals surface area contributed by atoms with Crippen LogP contribution >= 0.6 is 0 Å². The number of benzene rings is 2. The molecule has 0 amide bonds. The summed E-state index contributed by atoms with van der Waals surface area (Å²) >= 11 is 0. The van der Waals surface area contributed by atoms with Crippen molar-refractivity contribution in [3.05, 3.63) is 72.8 Å². The van der Waals surface area contributed by atoms with E-state index < -0.39 is 8.32 Å². The molecular weight excluding hydrogens is 310 g/mol. The fourth-order valence-corrected chi connectivity index (χ4v) is 7.49. The smallest absolute Gasteiger partial charge is 0.354 e. The SMILES string of the molecule is CC(C)(C)[Si](O/N=C1\C=CCC1)(c1ccccc1)c1ccccc1. The molecule has 0 unspecified atom stereocenters. The lowest BCUT2D eigenvalue weighted by Crippen LogP contribution is -2.65. The normalized spacial score (nSPS) is 16.5. The predicted molar refractivity (Wildman–Crippen MR) is 105 cm³/mol. The molecule has 24 heavy (non-hydrogen) atoms. The maximum absolute atomic E-state index is 6.53. The van der Waals surface area contributed by atoms with E-state index in [4.69, 9.17) is 4.53 Å². The van der Waals surface area contributed by atoms with E-state index in [1.807, 2.05) is 0 Å². The lowest BCUT2D eigenvalue weighted by molar-refractivity contribution is 0.318. The van der Waals surface area contributed by atoms with Crippen LogP contribution in [0.4, 0.5) is 0 Å². The van der Waals surface area contributed by atoms with E-state index in [0.29, 0.717) is 0 Å². The second kappa shape index (κ2) is 6.77. The zero-order chi connectivity index (χ0) is 17.0. The summed E-state index contributed by atoms with van der Waals surface area (Å²) < 4.78 is 6.53. The molecule has 3 rings (SSSR count). The quantitative estimate of drug-likeness (QED) is 0.604. The molecule has 0 heterocycles. The van der Waals surface area contributed by atoms with Crippen LogP contribution in [0.5, 0.6) is 0 Å². The van der Waals surface area contributed by atoms with Gasteiger partial charge in [-0.15, -0.1) is 5.16 Å². The van der Waals surface area contributed by atoms with Crippen molar-refractivity contribution in [2.45, 2.75) is 38.7 Å². The first-order chi connectivity index (χ1) is 11.5. The van der Waals surface area contributed by atoms with Crippen molar-refractivity contribution in [3.8, 4) is 0 Å². The van der Waals surface area contributed by atoms with E-state index in [0.717, 1.165) is 18.6 Å². The Balaban J connectivity index is 2.17. The van der Waals surface area contributed by atoms with Gasteiger partial charge in [0.2, 0.25) is 0 Å². The number of rotatable bonds is 4. The lowest BCUT2D eigenvalue weighted by Gasteiger charge is -2.40. The van der Waals surface area contributed by atoms with E-state index in [1.165, 1.54) is 10.4 Å². The van der Waals surface area contributed by atoms with E-state index in [9.17, 15) is 0 Å². The molecule has 2 aromatic carbocycles. The Morgan fingerprint density at radius 3 is 1.83 bits per heavy atom. The fourth-order valence-electron chi connectivity index (χ4n) is 3.36. The number of allylic oxidation sites excluding steroid dienone is 2. The van der Waals surface area contributed by atoms with Crippen LogP contribution in [0.1, 0.15) is 33.6 Å². The third-order valence-electron chi connectivity index (χ3n) is 4.59. The summed E-state index contributed by atoms with van der Waals surface area (Å²) in [7, 11) is -2.54. The van der Waals surface area contributed by atoms with Gasteiger partial charge in [0.25, 0.3) is 0 Å². The molecule has 0 radical (unpaired) electrons. The summed E-state index contributed by atoms with van der Waals surface area (Å²) in [6, 6.07) is 21.3. The van der Waals surface area contributed by atoms with Crippen LogP contribution in [-0.4, -0.2) is 14.0 Å². The zero-order valence-corrected chi connectivity index (χ0v) is 15.7. The first-order valence-electron chi connectivity index (χ1n) is 8.57. The molecule has 0 bridgehead atoms. The highest BCUT2D eigenvalue weighted by Crippen LogP contribution is 2.37. The van der Waals surface area contributed by atoms with Gasteiger partial charge in [-0.3, -0.25) is 0 Å². The summed E-state index contributed by atoms with van der Waals surface area (Å²) in [5.41, 5.74) is 1.04. The minimum absolute atomic E-state index is 0.0396. The number of oxime groups is 1. The molecule has 0 aromatic heterocycles. The van der Waals surface area contributed by atoms with Gasteiger partial charge >= 0.3 is 8.32 Å². The molecule has 3 heteroatoms. The number of hydrogen-bond acceptors (Lipinski definition) is 2. The molecule has 2 aromatic rings. The van der Waals surface area contributed by atoms with E-state index >= 15 is 0 Å². The first-order valence-corrected chi connectivity index (χ1v) is 10.5. The number of nitrogens with zero attached hydrogens (tertiary/aromatic N) is 1. The topological polar surface area (TPSA) is 21.6 Å². The Hall–Kier alpha value is -2.13. The molecule has 2 nitrogen and oxygen atoms in total. The molecule has 0 atom stereocenters. The van der Waals surface area contributed by atoms with E-state index in [2.05, 4.69) is 98.7 Å². The van der Waals surface area contributed by atoms with Crippen LogP contribution in [-0.2, 0) is 4.53 Å². The van der Waals surface area contributed by atoms with E-state index in [-0.39, 0.29) is 5.04 Å². The van der Waals surface area contributed by atoms with Gasteiger partial charge in [0.05, 0.1) is 5.71 Å². The summed E-state index contributed by atoms with van der Waals surface area (Å²) in [6.07, 6.45) is 6.27. The Morgan fingerprint density at radius 2 is 1.42 bits per heavy atom. The van der Waals surface area contributed by atoms with Crippen LogP contribution in [0.15, 0.2) is 78.0 Å². The monoisotopic (exact) mass is 335 g/mol. The maximum Gasteiger partial charge on any atom is 0.354 e. The fraction of sp³-hybridized carbons (Fsp3) is 0.286. The molecule has 0 saturated heterocycles. The molecule has 0 saturated carbocycles. The Morgan fingerprint density at radius 1 is 0.875 bits per heavy atom. The first kappa shape index (κ1) is 16.7. The van der Waals surface area contributed by atoms with Gasteiger partial charge in [-0.2, -0.15) is 0 Å². The van der Waals surface area contributed by atoms with Crippen LogP contribution in [0, 0.1) is 0 Å². The van der Waals surface area contributed by atoms with Crippen molar-refractivity contribution in [2.24, 2.45) is 5.16 Å². The highest BCUT2D eigenvalue weighted by Gasteiger charge is 2.53. The minimum Gasteiger partial charge on any atom is -0.443 e. The van der Waals surface area contributed by atoms with Crippen molar-refractivity contribution in [2.75, 3.05) is 0 Å². The Labute approximate surface area is 146 Å². The van der Waals surface area contributed by atoms with E-state index in [1.54, 1.807) is 0 Å². The van der Waals surface area contributed by atoms with Crippen LogP contribution in [0.2, 0.25) is 5.04 Å². The minimum atomic E-state index is -2.54. The van der Waals surface area contributed by atoms with Gasteiger partial charge in [0.15, 0.2) is 0 Å². The third-order valence-corrected chi connectivity index (χ3v) is 9.36. The second-order valence-corrected chi connectivity index (χ2v) is 11.5. The highest BCUT2D eigenvalue weighted by molar-refractivity contribution is 6.99. The Bertz CT molecular complexity index is 690. The van der Waals surface area contributed by atoms with Gasteiger partial charge in [0, 0.05) is 5.04 Å². The molecule has 1 aliphatic carbocycles. The molecule has 0 spiro atoms. The van der Waals surface area contributed by atoms with Crippen molar-refractivity contribution in [3.63, 3.8) is 0 Å². The Kier molecular flexibility index (Phi) is 4.72. The number of hydrogen-bond donors (Lipinski definition) is 0. The molecular formula is C21H25NOSi. The van der Waals surface area contributed by atoms with Gasteiger partial charge in [-0.25, -0.2) is 0 Å². The van der Waals surface area contributed by atoms with Crippen molar-refractivity contribution < 1.29 is 4.53 Å². The van der Waals surface area contributed by atoms with Gasteiger partial charge in [-0.05, 0) is 29.3 Å². The van der Waals surface area contributed by atoms with Crippen molar-refractivity contribution in [1.82, 2.24) is 0 Å². The largest absolute Gasteiger partial charge is 0.443 e. The summed E-state index contributed by atoms with van der Waals surface area (Å²) in [5.74, 6) is 0. The van der Waals surface area contributed by atoms with Gasteiger partial charge in [0.1, 0.15) is 0 Å². The molecule has 124 valence electrons. The maximum atomic E-state index is 6.53. The summed E-state index contributed by atoms with van der Waals surface area (Å²) in [6.45, 7) is 6.80. The van der Waals surface area contributed by atoms with Crippen LogP contribution < -0.4 is 10.4 Å². The van der Waals surface area contributed by atoms with Crippen LogP contribution in [0.3, 0.4) is 0 Å². The predicted octanol–water partition coefficient (Wildman–Crippen LogP) is 4.27. The molecule has 1 aliphatic rings. The average Bonchev–Trinajstić information content (AvgIpc) is 3.10. The second-order valence-electron chi connectivity index (χ2n) is 7.28. The molecule has 0 fully saturated rings. The van der Waals surface area contributed by atoms with Crippen molar-refractivity contribution in [1.29, 1.82) is 0 Å².